The number of hydrogen-bond acceptors (Lipinski definition) is 3. The molecular weight excluding hydrogens is 302 g/mol. The zero-order chi connectivity index (χ0) is 14.2. The lowest BCUT2D eigenvalue weighted by Gasteiger charge is -2.10. The Balaban J connectivity index is 1.71. The number of thiazole rings is 1. The third-order valence-electron chi connectivity index (χ3n) is 3.58. The highest BCUT2D eigenvalue weighted by Crippen LogP contribution is 2.32. The van der Waals surface area contributed by atoms with Crippen LogP contribution in [-0.2, 0) is 6.54 Å². The van der Waals surface area contributed by atoms with Gasteiger partial charge in [0, 0.05) is 12.7 Å². The summed E-state index contributed by atoms with van der Waals surface area (Å²) in [6.07, 6.45) is 1.96. The molecule has 0 unspecified atom stereocenters. The van der Waals surface area contributed by atoms with Gasteiger partial charge in [0.05, 0.1) is 26.4 Å². The van der Waals surface area contributed by atoms with Crippen LogP contribution in [0.15, 0.2) is 48.1 Å². The summed E-state index contributed by atoms with van der Waals surface area (Å²) in [6, 6.07) is 12.3. The minimum atomic E-state index is 0.701. The summed E-state index contributed by atoms with van der Waals surface area (Å²) in [7, 11) is 0. The van der Waals surface area contributed by atoms with E-state index in [4.69, 9.17) is 11.6 Å². The zero-order valence-electron chi connectivity index (χ0n) is 11.1. The maximum atomic E-state index is 6.32. The van der Waals surface area contributed by atoms with Gasteiger partial charge in [-0.25, -0.2) is 4.98 Å². The van der Waals surface area contributed by atoms with E-state index in [0.717, 1.165) is 21.4 Å². The number of rotatable bonds is 3. The number of anilines is 1. The number of H-pyrrole nitrogens is 1. The first-order valence-electron chi connectivity index (χ1n) is 6.63. The fourth-order valence-corrected chi connectivity index (χ4v) is 3.46. The van der Waals surface area contributed by atoms with E-state index in [1.54, 1.807) is 11.3 Å². The minimum absolute atomic E-state index is 0.701. The smallest absolute Gasteiger partial charge is 0.106 e. The topological polar surface area (TPSA) is 40.7 Å². The Bertz CT molecular complexity index is 925. The SMILES string of the molecule is Clc1ccc2scnc2c1NCc1cccc2cc[nH]c12. The van der Waals surface area contributed by atoms with Gasteiger partial charge >= 0.3 is 0 Å². The Morgan fingerprint density at radius 2 is 2.14 bits per heavy atom. The average molecular weight is 314 g/mol. The molecule has 0 fully saturated rings. The molecule has 21 heavy (non-hydrogen) atoms. The van der Waals surface area contributed by atoms with Crippen LogP contribution in [0.5, 0.6) is 0 Å². The largest absolute Gasteiger partial charge is 0.378 e. The van der Waals surface area contributed by atoms with Crippen LogP contribution in [0.3, 0.4) is 0 Å². The number of para-hydroxylation sites is 1. The van der Waals surface area contributed by atoms with Gasteiger partial charge in [-0.2, -0.15) is 0 Å². The number of fused-ring (bicyclic) bond motifs is 2. The summed E-state index contributed by atoms with van der Waals surface area (Å²) in [6.45, 7) is 0.703. The average Bonchev–Trinajstić information content (AvgIpc) is 3.14. The maximum Gasteiger partial charge on any atom is 0.106 e. The molecule has 0 aliphatic rings. The summed E-state index contributed by atoms with van der Waals surface area (Å²) < 4.78 is 1.14. The number of nitrogens with one attached hydrogen (secondary N) is 2. The molecule has 3 nitrogen and oxygen atoms in total. The van der Waals surface area contributed by atoms with Gasteiger partial charge in [-0.3, -0.25) is 0 Å². The summed E-state index contributed by atoms with van der Waals surface area (Å²) in [5, 5.41) is 5.35. The molecule has 0 spiro atoms. The van der Waals surface area contributed by atoms with Crippen molar-refractivity contribution in [2.24, 2.45) is 0 Å². The first-order chi connectivity index (χ1) is 10.3. The van der Waals surface area contributed by atoms with E-state index >= 15 is 0 Å². The molecule has 2 aromatic heterocycles. The van der Waals surface area contributed by atoms with Gasteiger partial charge in [0.25, 0.3) is 0 Å². The van der Waals surface area contributed by atoms with Crippen molar-refractivity contribution in [2.75, 3.05) is 5.32 Å². The van der Waals surface area contributed by atoms with Crippen LogP contribution in [-0.4, -0.2) is 9.97 Å². The molecule has 0 atom stereocenters. The highest BCUT2D eigenvalue weighted by atomic mass is 35.5. The first-order valence-corrected chi connectivity index (χ1v) is 7.89. The quantitative estimate of drug-likeness (QED) is 0.556. The lowest BCUT2D eigenvalue weighted by Crippen LogP contribution is -2.01. The van der Waals surface area contributed by atoms with E-state index < -0.39 is 0 Å². The van der Waals surface area contributed by atoms with Crippen LogP contribution >= 0.6 is 22.9 Å². The van der Waals surface area contributed by atoms with E-state index in [-0.39, 0.29) is 0 Å². The monoisotopic (exact) mass is 313 g/mol. The molecule has 0 aliphatic heterocycles. The molecule has 5 heteroatoms. The van der Waals surface area contributed by atoms with Gasteiger partial charge in [-0.1, -0.05) is 29.8 Å². The second-order valence-corrected chi connectivity index (χ2v) is 6.13. The first kappa shape index (κ1) is 12.7. The molecule has 2 heterocycles. The molecule has 0 bridgehead atoms. The van der Waals surface area contributed by atoms with Crippen LogP contribution < -0.4 is 5.32 Å². The highest BCUT2D eigenvalue weighted by Gasteiger charge is 2.09. The lowest BCUT2D eigenvalue weighted by molar-refractivity contribution is 1.16. The number of hydrogen-bond donors (Lipinski definition) is 2. The predicted octanol–water partition coefficient (Wildman–Crippen LogP) is 5.04. The number of halogens is 1. The second-order valence-electron chi connectivity index (χ2n) is 4.83. The number of aromatic nitrogens is 2. The predicted molar refractivity (Wildman–Crippen MR) is 90.3 cm³/mol. The van der Waals surface area contributed by atoms with Gasteiger partial charge in [-0.05, 0) is 29.1 Å². The zero-order valence-corrected chi connectivity index (χ0v) is 12.6. The molecule has 2 N–H and O–H groups in total. The normalized spacial score (nSPS) is 11.3. The molecule has 0 amide bonds. The van der Waals surface area contributed by atoms with Crippen molar-refractivity contribution in [3.63, 3.8) is 0 Å². The maximum absolute atomic E-state index is 6.32. The van der Waals surface area contributed by atoms with Crippen LogP contribution in [0.1, 0.15) is 5.56 Å². The van der Waals surface area contributed by atoms with E-state index in [1.807, 2.05) is 23.8 Å². The number of nitrogens with zero attached hydrogens (tertiary/aromatic N) is 1. The van der Waals surface area contributed by atoms with Crippen molar-refractivity contribution in [1.29, 1.82) is 0 Å². The fraction of sp³-hybridized carbons (Fsp3) is 0.0625. The van der Waals surface area contributed by atoms with Gasteiger partial charge < -0.3 is 10.3 Å². The van der Waals surface area contributed by atoms with Crippen molar-refractivity contribution in [3.05, 3.63) is 58.7 Å². The summed E-state index contributed by atoms with van der Waals surface area (Å²) >= 11 is 7.94. The Kier molecular flexibility index (Phi) is 3.05. The van der Waals surface area contributed by atoms with Crippen LogP contribution in [0, 0.1) is 0 Å². The summed E-state index contributed by atoms with van der Waals surface area (Å²) in [4.78, 5) is 7.69. The summed E-state index contributed by atoms with van der Waals surface area (Å²) in [5.74, 6) is 0. The highest BCUT2D eigenvalue weighted by molar-refractivity contribution is 7.16. The Labute approximate surface area is 130 Å². The summed E-state index contributed by atoms with van der Waals surface area (Å²) in [5.41, 5.74) is 6.05. The molecular formula is C16H12ClN3S. The Morgan fingerprint density at radius 3 is 3.10 bits per heavy atom. The molecule has 0 saturated heterocycles. The molecule has 0 radical (unpaired) electrons. The lowest BCUT2D eigenvalue weighted by atomic mass is 10.1. The van der Waals surface area contributed by atoms with Crippen molar-refractivity contribution in [2.45, 2.75) is 6.54 Å². The van der Waals surface area contributed by atoms with Crippen molar-refractivity contribution < 1.29 is 0 Å². The van der Waals surface area contributed by atoms with Crippen molar-refractivity contribution in [1.82, 2.24) is 9.97 Å². The minimum Gasteiger partial charge on any atom is -0.378 e. The van der Waals surface area contributed by atoms with E-state index in [1.165, 1.54) is 10.9 Å². The Morgan fingerprint density at radius 1 is 1.19 bits per heavy atom. The van der Waals surface area contributed by atoms with Crippen molar-refractivity contribution in [3.8, 4) is 0 Å². The van der Waals surface area contributed by atoms with Crippen LogP contribution in [0.2, 0.25) is 5.02 Å². The fourth-order valence-electron chi connectivity index (χ4n) is 2.56. The molecule has 2 aromatic carbocycles. The van der Waals surface area contributed by atoms with Crippen LogP contribution in [0.25, 0.3) is 21.1 Å². The van der Waals surface area contributed by atoms with E-state index in [2.05, 4.69) is 39.6 Å². The number of benzene rings is 2. The van der Waals surface area contributed by atoms with Crippen LogP contribution in [0.4, 0.5) is 5.69 Å². The molecule has 4 rings (SSSR count). The molecule has 0 aliphatic carbocycles. The molecule has 0 saturated carbocycles. The number of aromatic amines is 1. The third kappa shape index (κ3) is 2.17. The Hall–Kier alpha value is -2.04. The van der Waals surface area contributed by atoms with Crippen molar-refractivity contribution >= 4 is 49.7 Å². The van der Waals surface area contributed by atoms with Gasteiger partial charge in [0.1, 0.15) is 5.52 Å². The van der Waals surface area contributed by atoms with Gasteiger partial charge in [0.15, 0.2) is 0 Å². The van der Waals surface area contributed by atoms with E-state index in [9.17, 15) is 0 Å². The molecule has 104 valence electrons. The standard InChI is InChI=1S/C16H12ClN3S/c17-12-4-5-13-16(20-9-21-13)15(12)19-8-11-3-1-2-10-6-7-18-14(10)11/h1-7,9,18-19H,8H2. The van der Waals surface area contributed by atoms with Gasteiger partial charge in [-0.15, -0.1) is 11.3 Å². The second kappa shape index (κ2) is 5.06. The van der Waals surface area contributed by atoms with E-state index in [0.29, 0.717) is 11.6 Å². The van der Waals surface area contributed by atoms with Gasteiger partial charge in [0.2, 0.25) is 0 Å². The third-order valence-corrected chi connectivity index (χ3v) is 4.69. The molecule has 4 aromatic rings.